The number of aliphatic carboxylic acids is 1. The molecule has 0 bridgehead atoms. The van der Waals surface area contributed by atoms with Crippen LogP contribution in [0, 0.1) is 0 Å². The van der Waals surface area contributed by atoms with Crippen LogP contribution in [0.25, 0.3) is 0 Å². The Labute approximate surface area is 83.7 Å². The van der Waals surface area contributed by atoms with Crippen LogP contribution >= 0.6 is 0 Å². The monoisotopic (exact) mass is 202 g/mol. The van der Waals surface area contributed by atoms with Crippen LogP contribution in [0.4, 0.5) is 0 Å². The summed E-state index contributed by atoms with van der Waals surface area (Å²) in [5.74, 6) is -1.01. The SMILES string of the molecule is CC(CCCC(=O)O)NC(=O)C(C)N. The molecule has 1 amide bonds. The van der Waals surface area contributed by atoms with Crippen molar-refractivity contribution in [3.8, 4) is 0 Å². The molecule has 82 valence electrons. The maximum absolute atomic E-state index is 11.1. The molecule has 0 aliphatic heterocycles. The molecule has 0 aromatic rings. The van der Waals surface area contributed by atoms with Crippen LogP contribution in [-0.4, -0.2) is 29.1 Å². The fourth-order valence-electron chi connectivity index (χ4n) is 1.01. The van der Waals surface area contributed by atoms with Gasteiger partial charge in [-0.05, 0) is 26.7 Å². The highest BCUT2D eigenvalue weighted by atomic mass is 16.4. The lowest BCUT2D eigenvalue weighted by molar-refractivity contribution is -0.137. The van der Waals surface area contributed by atoms with Crippen LogP contribution < -0.4 is 11.1 Å². The number of hydrogen-bond acceptors (Lipinski definition) is 3. The van der Waals surface area contributed by atoms with Crippen molar-refractivity contribution in [3.63, 3.8) is 0 Å². The van der Waals surface area contributed by atoms with Gasteiger partial charge in [0, 0.05) is 12.5 Å². The third-order valence-corrected chi connectivity index (χ3v) is 1.83. The highest BCUT2D eigenvalue weighted by Crippen LogP contribution is 2.00. The Morgan fingerprint density at radius 3 is 2.43 bits per heavy atom. The number of carbonyl (C=O) groups is 2. The van der Waals surface area contributed by atoms with Gasteiger partial charge in [-0.15, -0.1) is 0 Å². The summed E-state index contributed by atoms with van der Waals surface area (Å²) in [5, 5.41) is 11.1. The number of nitrogens with two attached hydrogens (primary N) is 1. The summed E-state index contributed by atoms with van der Waals surface area (Å²) in [5.41, 5.74) is 5.35. The normalized spacial score (nSPS) is 14.5. The highest BCUT2D eigenvalue weighted by molar-refractivity contribution is 5.81. The molecular formula is C9H18N2O3. The minimum Gasteiger partial charge on any atom is -0.481 e. The summed E-state index contributed by atoms with van der Waals surface area (Å²) >= 11 is 0. The lowest BCUT2D eigenvalue weighted by Crippen LogP contribution is -2.42. The first-order chi connectivity index (χ1) is 6.43. The van der Waals surface area contributed by atoms with Crippen LogP contribution in [-0.2, 0) is 9.59 Å². The summed E-state index contributed by atoms with van der Waals surface area (Å²) in [6.07, 6.45) is 1.36. The molecule has 0 aromatic heterocycles. The van der Waals surface area contributed by atoms with Crippen molar-refractivity contribution in [2.75, 3.05) is 0 Å². The number of carbonyl (C=O) groups excluding carboxylic acids is 1. The van der Waals surface area contributed by atoms with E-state index in [0.717, 1.165) is 0 Å². The molecule has 0 aliphatic rings. The Morgan fingerprint density at radius 2 is 2.00 bits per heavy atom. The van der Waals surface area contributed by atoms with Gasteiger partial charge in [-0.2, -0.15) is 0 Å². The lowest BCUT2D eigenvalue weighted by Gasteiger charge is -2.14. The predicted molar refractivity (Wildman–Crippen MR) is 52.7 cm³/mol. The van der Waals surface area contributed by atoms with Gasteiger partial charge in [0.1, 0.15) is 0 Å². The molecule has 2 atom stereocenters. The van der Waals surface area contributed by atoms with E-state index in [-0.39, 0.29) is 18.4 Å². The summed E-state index contributed by atoms with van der Waals surface area (Å²) in [6, 6.07) is -0.537. The van der Waals surface area contributed by atoms with Gasteiger partial charge in [0.2, 0.25) is 5.91 Å². The van der Waals surface area contributed by atoms with E-state index >= 15 is 0 Å². The molecule has 0 radical (unpaired) electrons. The van der Waals surface area contributed by atoms with Gasteiger partial charge in [0.25, 0.3) is 0 Å². The minimum absolute atomic E-state index is 0.0205. The minimum atomic E-state index is -0.810. The van der Waals surface area contributed by atoms with Gasteiger partial charge in [0.05, 0.1) is 6.04 Å². The van der Waals surface area contributed by atoms with E-state index in [1.165, 1.54) is 0 Å². The van der Waals surface area contributed by atoms with Gasteiger partial charge in [-0.3, -0.25) is 9.59 Å². The van der Waals surface area contributed by atoms with Crippen molar-refractivity contribution in [2.24, 2.45) is 5.73 Å². The molecule has 2 unspecified atom stereocenters. The Morgan fingerprint density at radius 1 is 1.43 bits per heavy atom. The van der Waals surface area contributed by atoms with Crippen molar-refractivity contribution < 1.29 is 14.7 Å². The molecule has 5 heteroatoms. The maximum atomic E-state index is 11.1. The second-order valence-corrected chi connectivity index (χ2v) is 3.48. The van der Waals surface area contributed by atoms with Crippen molar-refractivity contribution in [3.05, 3.63) is 0 Å². The molecule has 4 N–H and O–H groups in total. The van der Waals surface area contributed by atoms with Crippen molar-refractivity contribution in [1.29, 1.82) is 0 Å². The average molecular weight is 202 g/mol. The van der Waals surface area contributed by atoms with Gasteiger partial charge in [0.15, 0.2) is 0 Å². The van der Waals surface area contributed by atoms with Crippen LogP contribution in [0.5, 0.6) is 0 Å². The van der Waals surface area contributed by atoms with Crippen molar-refractivity contribution in [1.82, 2.24) is 5.32 Å². The van der Waals surface area contributed by atoms with E-state index < -0.39 is 12.0 Å². The van der Waals surface area contributed by atoms with Crippen LogP contribution in [0.1, 0.15) is 33.1 Å². The fraction of sp³-hybridized carbons (Fsp3) is 0.778. The standard InChI is InChI=1S/C9H18N2O3/c1-6(4-3-5-8(12)13)11-9(14)7(2)10/h6-7H,3-5,10H2,1-2H3,(H,11,14)(H,12,13). The van der Waals surface area contributed by atoms with Gasteiger partial charge in [-0.25, -0.2) is 0 Å². The smallest absolute Gasteiger partial charge is 0.303 e. The molecule has 5 nitrogen and oxygen atoms in total. The number of carboxylic acid groups (broad SMARTS) is 1. The first-order valence-electron chi connectivity index (χ1n) is 4.71. The quantitative estimate of drug-likeness (QED) is 0.569. The second kappa shape index (κ2) is 6.37. The Bertz CT molecular complexity index is 204. The third-order valence-electron chi connectivity index (χ3n) is 1.83. The molecule has 0 aromatic carbocycles. The topological polar surface area (TPSA) is 92.4 Å². The van der Waals surface area contributed by atoms with E-state index in [0.29, 0.717) is 12.8 Å². The largest absolute Gasteiger partial charge is 0.481 e. The molecule has 0 rings (SSSR count). The predicted octanol–water partition coefficient (Wildman–Crippen LogP) is 0.0932. The summed E-state index contributed by atoms with van der Waals surface area (Å²) in [4.78, 5) is 21.3. The first kappa shape index (κ1) is 12.9. The highest BCUT2D eigenvalue weighted by Gasteiger charge is 2.10. The van der Waals surface area contributed by atoms with Gasteiger partial charge >= 0.3 is 5.97 Å². The third kappa shape index (κ3) is 6.42. The molecule has 0 heterocycles. The second-order valence-electron chi connectivity index (χ2n) is 3.48. The number of amides is 1. The van der Waals surface area contributed by atoms with E-state index in [1.807, 2.05) is 6.92 Å². The number of nitrogens with one attached hydrogen (secondary N) is 1. The molecule has 0 spiro atoms. The number of rotatable bonds is 6. The summed E-state index contributed by atoms with van der Waals surface area (Å²) in [6.45, 7) is 3.45. The van der Waals surface area contributed by atoms with Crippen molar-refractivity contribution in [2.45, 2.75) is 45.2 Å². The van der Waals surface area contributed by atoms with Crippen LogP contribution in [0.3, 0.4) is 0 Å². The molecule has 0 saturated carbocycles. The number of hydrogen-bond donors (Lipinski definition) is 3. The van der Waals surface area contributed by atoms with E-state index in [2.05, 4.69) is 5.32 Å². The molecule has 0 aliphatic carbocycles. The van der Waals surface area contributed by atoms with Crippen LogP contribution in [0.15, 0.2) is 0 Å². The first-order valence-corrected chi connectivity index (χ1v) is 4.71. The lowest BCUT2D eigenvalue weighted by atomic mass is 10.1. The Hall–Kier alpha value is -1.10. The molecule has 14 heavy (non-hydrogen) atoms. The van der Waals surface area contributed by atoms with E-state index in [1.54, 1.807) is 6.92 Å². The van der Waals surface area contributed by atoms with E-state index in [9.17, 15) is 9.59 Å². The maximum Gasteiger partial charge on any atom is 0.303 e. The van der Waals surface area contributed by atoms with Crippen LogP contribution in [0.2, 0.25) is 0 Å². The Balaban J connectivity index is 3.60. The number of carboxylic acids is 1. The Kier molecular flexibility index (Phi) is 5.87. The summed E-state index contributed by atoms with van der Waals surface area (Å²) < 4.78 is 0. The summed E-state index contributed by atoms with van der Waals surface area (Å²) in [7, 11) is 0. The fourth-order valence-corrected chi connectivity index (χ4v) is 1.01. The molecular weight excluding hydrogens is 184 g/mol. The molecule has 0 saturated heterocycles. The zero-order valence-electron chi connectivity index (χ0n) is 8.62. The van der Waals surface area contributed by atoms with Gasteiger partial charge in [-0.1, -0.05) is 0 Å². The molecule has 0 fully saturated rings. The van der Waals surface area contributed by atoms with E-state index in [4.69, 9.17) is 10.8 Å². The zero-order chi connectivity index (χ0) is 11.1. The zero-order valence-corrected chi connectivity index (χ0v) is 8.62. The average Bonchev–Trinajstić information content (AvgIpc) is 2.02. The van der Waals surface area contributed by atoms with Crippen molar-refractivity contribution >= 4 is 11.9 Å². The van der Waals surface area contributed by atoms with Gasteiger partial charge < -0.3 is 16.2 Å².